The molecule has 1 N–H and O–H groups in total. The van der Waals surface area contributed by atoms with Gasteiger partial charge in [-0.1, -0.05) is 46.8 Å². The Morgan fingerprint density at radius 1 is 1.11 bits per heavy atom. The van der Waals surface area contributed by atoms with E-state index in [1.807, 2.05) is 0 Å². The summed E-state index contributed by atoms with van der Waals surface area (Å²) in [7, 11) is 0. The van der Waals surface area contributed by atoms with E-state index in [0.29, 0.717) is 11.5 Å². The number of aryl methyl sites for hydroxylation is 2. The highest BCUT2D eigenvalue weighted by Gasteiger charge is 2.36. The molecule has 2 rings (SSSR count). The Hall–Kier alpha value is -0.820. The molecule has 0 saturated heterocycles. The molecule has 1 aromatic carbocycles. The Labute approximate surface area is 118 Å². The highest BCUT2D eigenvalue weighted by atomic mass is 14.9. The second-order valence-electron chi connectivity index (χ2n) is 6.51. The first-order chi connectivity index (χ1) is 9.03. The van der Waals surface area contributed by atoms with Crippen LogP contribution in [0.25, 0.3) is 0 Å². The minimum atomic E-state index is 0.316. The lowest BCUT2D eigenvalue weighted by Gasteiger charge is -2.20. The number of benzene rings is 1. The zero-order chi connectivity index (χ0) is 14.0. The molecular weight excluding hydrogens is 230 g/mol. The first kappa shape index (κ1) is 14.6. The molecule has 1 nitrogen and oxygen atoms in total. The summed E-state index contributed by atoms with van der Waals surface area (Å²) in [5, 5.41) is 3.73. The fourth-order valence-electron chi connectivity index (χ4n) is 3.47. The molecule has 0 bridgehead atoms. The molecular formula is C18H29N. The summed E-state index contributed by atoms with van der Waals surface area (Å²) in [5.74, 6) is 0. The van der Waals surface area contributed by atoms with Crippen LogP contribution < -0.4 is 5.32 Å². The maximum absolute atomic E-state index is 3.73. The van der Waals surface area contributed by atoms with Gasteiger partial charge in [-0.05, 0) is 59.9 Å². The average Bonchev–Trinajstić information content (AvgIpc) is 2.65. The highest BCUT2D eigenvalue weighted by molar-refractivity contribution is 5.47. The molecule has 1 aliphatic rings. The van der Waals surface area contributed by atoms with Gasteiger partial charge in [0.15, 0.2) is 0 Å². The van der Waals surface area contributed by atoms with Crippen molar-refractivity contribution in [3.05, 3.63) is 34.4 Å². The molecule has 19 heavy (non-hydrogen) atoms. The smallest absolute Gasteiger partial charge is 0.0331 e. The second kappa shape index (κ2) is 5.66. The van der Waals surface area contributed by atoms with Crippen molar-refractivity contribution in [2.45, 2.75) is 71.8 Å². The van der Waals surface area contributed by atoms with Gasteiger partial charge in [0.25, 0.3) is 0 Å². The summed E-state index contributed by atoms with van der Waals surface area (Å²) < 4.78 is 0. The molecule has 0 amide bonds. The molecule has 0 aromatic heterocycles. The van der Waals surface area contributed by atoms with Gasteiger partial charge in [0.05, 0.1) is 0 Å². The Bertz CT molecular complexity index is 445. The third-order valence-electron chi connectivity index (χ3n) is 4.59. The fraction of sp³-hybridized carbons (Fsp3) is 0.667. The Morgan fingerprint density at radius 2 is 1.74 bits per heavy atom. The molecule has 0 aliphatic heterocycles. The van der Waals surface area contributed by atoms with E-state index < -0.39 is 0 Å². The normalized spacial score (nSPS) is 20.6. The van der Waals surface area contributed by atoms with Crippen molar-refractivity contribution >= 4 is 0 Å². The average molecular weight is 259 g/mol. The van der Waals surface area contributed by atoms with E-state index in [-0.39, 0.29) is 0 Å². The molecule has 1 unspecified atom stereocenters. The predicted molar refractivity (Wildman–Crippen MR) is 83.9 cm³/mol. The number of hydrogen-bond donors (Lipinski definition) is 1. The summed E-state index contributed by atoms with van der Waals surface area (Å²) >= 11 is 0. The van der Waals surface area contributed by atoms with Crippen molar-refractivity contribution in [2.24, 2.45) is 0 Å². The number of hydrogen-bond acceptors (Lipinski definition) is 1. The van der Waals surface area contributed by atoms with Crippen LogP contribution in [0.1, 0.15) is 75.8 Å². The topological polar surface area (TPSA) is 12.0 Å². The van der Waals surface area contributed by atoms with Gasteiger partial charge >= 0.3 is 0 Å². The first-order valence-electron chi connectivity index (χ1n) is 7.93. The molecule has 1 heteroatoms. The van der Waals surface area contributed by atoms with Crippen LogP contribution in [-0.2, 0) is 18.3 Å². The standard InChI is InChI=1S/C18H29N/c1-6-9-19-17-12-18(4,5)16-11-14(8-3)13(7-2)10-15(16)17/h10-11,17,19H,6-9,12H2,1-5H3. The van der Waals surface area contributed by atoms with Gasteiger partial charge in [-0.2, -0.15) is 0 Å². The Kier molecular flexibility index (Phi) is 4.35. The van der Waals surface area contributed by atoms with Gasteiger partial charge in [-0.25, -0.2) is 0 Å². The molecule has 1 aliphatic carbocycles. The largest absolute Gasteiger partial charge is 0.310 e. The number of nitrogens with one attached hydrogen (secondary N) is 1. The van der Waals surface area contributed by atoms with Crippen molar-refractivity contribution in [3.8, 4) is 0 Å². The molecule has 0 fully saturated rings. The molecule has 0 saturated carbocycles. The fourth-order valence-corrected chi connectivity index (χ4v) is 3.47. The van der Waals surface area contributed by atoms with E-state index >= 15 is 0 Å². The van der Waals surface area contributed by atoms with Crippen molar-refractivity contribution < 1.29 is 0 Å². The molecule has 106 valence electrons. The summed E-state index contributed by atoms with van der Waals surface area (Å²) in [6, 6.07) is 5.53. The van der Waals surface area contributed by atoms with Gasteiger partial charge in [0, 0.05) is 6.04 Å². The van der Waals surface area contributed by atoms with Gasteiger partial charge in [0.2, 0.25) is 0 Å². The summed E-state index contributed by atoms with van der Waals surface area (Å²) in [4.78, 5) is 0. The van der Waals surface area contributed by atoms with E-state index in [4.69, 9.17) is 0 Å². The third-order valence-corrected chi connectivity index (χ3v) is 4.59. The lowest BCUT2D eigenvalue weighted by atomic mass is 9.84. The van der Waals surface area contributed by atoms with Crippen LogP contribution in [0.4, 0.5) is 0 Å². The quantitative estimate of drug-likeness (QED) is 0.819. The number of rotatable bonds is 5. The van der Waals surface area contributed by atoms with Crippen LogP contribution in [0.3, 0.4) is 0 Å². The van der Waals surface area contributed by atoms with Crippen molar-refractivity contribution in [2.75, 3.05) is 6.54 Å². The molecule has 1 atom stereocenters. The Morgan fingerprint density at radius 3 is 2.32 bits per heavy atom. The van der Waals surface area contributed by atoms with Crippen molar-refractivity contribution in [1.82, 2.24) is 5.32 Å². The first-order valence-corrected chi connectivity index (χ1v) is 7.93. The van der Waals surface area contributed by atoms with E-state index in [2.05, 4.69) is 52.1 Å². The van der Waals surface area contributed by atoms with Crippen LogP contribution >= 0.6 is 0 Å². The van der Waals surface area contributed by atoms with E-state index in [1.165, 1.54) is 12.8 Å². The lowest BCUT2D eigenvalue weighted by Crippen LogP contribution is -2.22. The third kappa shape index (κ3) is 2.72. The Balaban J connectivity index is 2.43. The summed E-state index contributed by atoms with van der Waals surface area (Å²) in [5.41, 5.74) is 6.55. The lowest BCUT2D eigenvalue weighted by molar-refractivity contribution is 0.427. The highest BCUT2D eigenvalue weighted by Crippen LogP contribution is 2.45. The number of fused-ring (bicyclic) bond motifs is 1. The minimum absolute atomic E-state index is 0.316. The maximum atomic E-state index is 3.73. The zero-order valence-electron chi connectivity index (χ0n) is 13.3. The van der Waals surface area contributed by atoms with Crippen molar-refractivity contribution in [1.29, 1.82) is 0 Å². The second-order valence-corrected chi connectivity index (χ2v) is 6.51. The summed E-state index contributed by atoms with van der Waals surface area (Å²) in [6.07, 6.45) is 4.75. The minimum Gasteiger partial charge on any atom is -0.310 e. The van der Waals surface area contributed by atoms with Gasteiger partial charge < -0.3 is 5.32 Å². The van der Waals surface area contributed by atoms with Crippen molar-refractivity contribution in [3.63, 3.8) is 0 Å². The van der Waals surface area contributed by atoms with Gasteiger partial charge in [0.1, 0.15) is 0 Å². The molecule has 0 spiro atoms. The molecule has 1 aromatic rings. The van der Waals surface area contributed by atoms with Crippen LogP contribution in [0, 0.1) is 0 Å². The van der Waals surface area contributed by atoms with Crippen LogP contribution in [-0.4, -0.2) is 6.54 Å². The van der Waals surface area contributed by atoms with E-state index in [9.17, 15) is 0 Å². The molecule has 0 radical (unpaired) electrons. The van der Waals surface area contributed by atoms with Gasteiger partial charge in [-0.15, -0.1) is 0 Å². The van der Waals surface area contributed by atoms with Crippen LogP contribution in [0.2, 0.25) is 0 Å². The van der Waals surface area contributed by atoms with Crippen LogP contribution in [0.5, 0.6) is 0 Å². The predicted octanol–water partition coefficient (Wildman–Crippen LogP) is 4.53. The summed E-state index contributed by atoms with van der Waals surface area (Å²) in [6.45, 7) is 12.7. The van der Waals surface area contributed by atoms with Gasteiger partial charge in [-0.3, -0.25) is 0 Å². The van der Waals surface area contributed by atoms with E-state index in [0.717, 1.165) is 19.4 Å². The van der Waals surface area contributed by atoms with Crippen LogP contribution in [0.15, 0.2) is 12.1 Å². The maximum Gasteiger partial charge on any atom is 0.0331 e. The SMILES string of the molecule is CCCNC1CC(C)(C)c2cc(CC)c(CC)cc21. The zero-order valence-corrected chi connectivity index (χ0v) is 13.3. The van der Waals surface area contributed by atoms with E-state index in [1.54, 1.807) is 22.3 Å². The monoisotopic (exact) mass is 259 g/mol. The molecule has 0 heterocycles.